The summed E-state index contributed by atoms with van der Waals surface area (Å²) in [5.74, 6) is 0. The summed E-state index contributed by atoms with van der Waals surface area (Å²) in [7, 11) is -3.44. The molecule has 0 fully saturated rings. The minimum atomic E-state index is -3.44. The van der Waals surface area contributed by atoms with Crippen LogP contribution in [0.4, 0.5) is 0 Å². The summed E-state index contributed by atoms with van der Waals surface area (Å²) in [5, 5.41) is -0.0438. The molecular weight excluding hydrogens is 282 g/mol. The summed E-state index contributed by atoms with van der Waals surface area (Å²) >= 11 is 5.89. The average molecular weight is 302 g/mol. The summed E-state index contributed by atoms with van der Waals surface area (Å²) in [6, 6.07) is 5.28. The van der Waals surface area contributed by atoms with Gasteiger partial charge in [0.1, 0.15) is 0 Å². The Balaban J connectivity index is 2.15. The maximum atomic E-state index is 12.3. The van der Waals surface area contributed by atoms with Gasteiger partial charge in [0, 0.05) is 11.4 Å². The predicted octanol–water partition coefficient (Wildman–Crippen LogP) is 2.86. The van der Waals surface area contributed by atoms with E-state index in [-0.39, 0.29) is 11.4 Å². The fourth-order valence-electron chi connectivity index (χ4n) is 2.58. The van der Waals surface area contributed by atoms with Crippen LogP contribution < -0.4 is 4.72 Å². The van der Waals surface area contributed by atoms with Gasteiger partial charge in [-0.3, -0.25) is 0 Å². The number of aryl methyl sites for hydroxylation is 2. The Labute approximate surface area is 120 Å². The van der Waals surface area contributed by atoms with E-state index in [0.717, 1.165) is 19.3 Å². The second kappa shape index (κ2) is 5.81. The molecule has 0 heterocycles. The molecule has 3 nitrogen and oxygen atoms in total. The van der Waals surface area contributed by atoms with Gasteiger partial charge in [0.15, 0.2) is 0 Å². The molecular formula is C14H20ClNO2S. The van der Waals surface area contributed by atoms with Crippen LogP contribution in [0.25, 0.3) is 0 Å². The van der Waals surface area contributed by atoms with Gasteiger partial charge >= 0.3 is 0 Å². The van der Waals surface area contributed by atoms with E-state index in [1.54, 1.807) is 6.07 Å². The van der Waals surface area contributed by atoms with E-state index < -0.39 is 10.0 Å². The summed E-state index contributed by atoms with van der Waals surface area (Å²) in [6.45, 7) is 3.70. The zero-order valence-electron chi connectivity index (χ0n) is 11.3. The molecule has 1 aromatic rings. The van der Waals surface area contributed by atoms with E-state index in [1.807, 2.05) is 26.0 Å². The summed E-state index contributed by atoms with van der Waals surface area (Å²) in [6.07, 6.45) is 3.77. The van der Waals surface area contributed by atoms with E-state index in [9.17, 15) is 8.42 Å². The van der Waals surface area contributed by atoms with Gasteiger partial charge in [-0.15, -0.1) is 11.6 Å². The van der Waals surface area contributed by atoms with E-state index in [0.29, 0.717) is 11.3 Å². The molecule has 106 valence electrons. The van der Waals surface area contributed by atoms with Crippen LogP contribution in [0, 0.1) is 0 Å². The Hall–Kier alpha value is -0.580. The van der Waals surface area contributed by atoms with E-state index >= 15 is 0 Å². The molecule has 1 aliphatic rings. The lowest BCUT2D eigenvalue weighted by molar-refractivity contribution is 0.545. The molecule has 0 bridgehead atoms. The molecule has 1 aromatic carbocycles. The normalized spacial score (nSPS) is 18.1. The topological polar surface area (TPSA) is 46.2 Å². The Morgan fingerprint density at radius 2 is 1.95 bits per heavy atom. The van der Waals surface area contributed by atoms with Crippen molar-refractivity contribution in [3.05, 3.63) is 29.3 Å². The lowest BCUT2D eigenvalue weighted by Gasteiger charge is -2.15. The first-order chi connectivity index (χ1) is 8.88. The van der Waals surface area contributed by atoms with Gasteiger partial charge in [0.2, 0.25) is 10.0 Å². The maximum absolute atomic E-state index is 12.3. The third kappa shape index (κ3) is 3.71. The van der Waals surface area contributed by atoms with Crippen molar-refractivity contribution in [1.29, 1.82) is 0 Å². The van der Waals surface area contributed by atoms with Crippen LogP contribution in [0.15, 0.2) is 23.1 Å². The molecule has 0 radical (unpaired) electrons. The predicted molar refractivity (Wildman–Crippen MR) is 78.2 cm³/mol. The first kappa shape index (κ1) is 14.8. The van der Waals surface area contributed by atoms with Crippen molar-refractivity contribution in [2.24, 2.45) is 0 Å². The number of hydrogen-bond acceptors (Lipinski definition) is 2. The number of benzene rings is 1. The molecule has 2 atom stereocenters. The molecule has 0 saturated carbocycles. The largest absolute Gasteiger partial charge is 0.240 e. The van der Waals surface area contributed by atoms with E-state index in [1.165, 1.54) is 11.1 Å². The highest BCUT2D eigenvalue weighted by Gasteiger charge is 2.20. The third-order valence-electron chi connectivity index (χ3n) is 3.41. The molecule has 19 heavy (non-hydrogen) atoms. The smallest absolute Gasteiger partial charge is 0.208 e. The van der Waals surface area contributed by atoms with Crippen LogP contribution in [0.3, 0.4) is 0 Å². The van der Waals surface area contributed by atoms with Crippen LogP contribution in [0.1, 0.15) is 37.8 Å². The number of fused-ring (bicyclic) bond motifs is 1. The van der Waals surface area contributed by atoms with Gasteiger partial charge in [-0.25, -0.2) is 13.1 Å². The lowest BCUT2D eigenvalue weighted by Crippen LogP contribution is -2.34. The molecule has 1 aliphatic carbocycles. The van der Waals surface area contributed by atoms with Crippen molar-refractivity contribution in [3.8, 4) is 0 Å². The number of halogens is 1. The fourth-order valence-corrected chi connectivity index (χ4v) is 4.16. The molecule has 0 amide bonds. The lowest BCUT2D eigenvalue weighted by atomic mass is 10.1. The summed E-state index contributed by atoms with van der Waals surface area (Å²) in [4.78, 5) is 0.363. The first-order valence-electron chi connectivity index (χ1n) is 6.66. The van der Waals surface area contributed by atoms with Gasteiger partial charge < -0.3 is 0 Å². The maximum Gasteiger partial charge on any atom is 0.240 e. The third-order valence-corrected chi connectivity index (χ3v) is 5.18. The Morgan fingerprint density at radius 3 is 2.63 bits per heavy atom. The van der Waals surface area contributed by atoms with Crippen molar-refractivity contribution in [2.45, 2.75) is 55.8 Å². The number of alkyl halides is 1. The standard InChI is InChI=1S/C14H20ClNO2S/c1-10(15)8-11(2)16-19(17,18)14-7-6-12-4-3-5-13(12)9-14/h6-7,9-11,16H,3-5,8H2,1-2H3. The molecule has 0 aromatic heterocycles. The van der Waals surface area contributed by atoms with Crippen molar-refractivity contribution < 1.29 is 8.42 Å². The Kier molecular flexibility index (Phi) is 4.54. The van der Waals surface area contributed by atoms with Crippen LogP contribution in [-0.2, 0) is 22.9 Å². The molecule has 1 N–H and O–H groups in total. The van der Waals surface area contributed by atoms with Gasteiger partial charge in [-0.2, -0.15) is 0 Å². The van der Waals surface area contributed by atoms with E-state index in [4.69, 9.17) is 11.6 Å². The molecule has 2 unspecified atom stereocenters. The van der Waals surface area contributed by atoms with Gasteiger partial charge in [0.25, 0.3) is 0 Å². The van der Waals surface area contributed by atoms with Crippen molar-refractivity contribution >= 4 is 21.6 Å². The van der Waals surface area contributed by atoms with Gasteiger partial charge in [0.05, 0.1) is 4.90 Å². The van der Waals surface area contributed by atoms with Crippen LogP contribution in [0.2, 0.25) is 0 Å². The first-order valence-corrected chi connectivity index (χ1v) is 8.58. The Bertz CT molecular complexity index is 555. The van der Waals surface area contributed by atoms with Crippen LogP contribution >= 0.6 is 11.6 Å². The highest BCUT2D eigenvalue weighted by atomic mass is 35.5. The van der Waals surface area contributed by atoms with Crippen molar-refractivity contribution in [2.75, 3.05) is 0 Å². The van der Waals surface area contributed by atoms with Gasteiger partial charge in [-0.1, -0.05) is 6.07 Å². The monoisotopic (exact) mass is 301 g/mol. The fraction of sp³-hybridized carbons (Fsp3) is 0.571. The zero-order valence-corrected chi connectivity index (χ0v) is 12.9. The molecule has 0 spiro atoms. The highest BCUT2D eigenvalue weighted by Crippen LogP contribution is 2.24. The minimum absolute atomic E-state index is 0.0438. The van der Waals surface area contributed by atoms with E-state index in [2.05, 4.69) is 4.72 Å². The quantitative estimate of drug-likeness (QED) is 0.850. The number of nitrogens with one attached hydrogen (secondary N) is 1. The average Bonchev–Trinajstić information content (AvgIpc) is 2.73. The van der Waals surface area contributed by atoms with Crippen molar-refractivity contribution in [1.82, 2.24) is 4.72 Å². The van der Waals surface area contributed by atoms with Crippen LogP contribution in [0.5, 0.6) is 0 Å². The number of sulfonamides is 1. The van der Waals surface area contributed by atoms with Crippen molar-refractivity contribution in [3.63, 3.8) is 0 Å². The SMILES string of the molecule is CC(Cl)CC(C)NS(=O)(=O)c1ccc2c(c1)CCC2. The summed E-state index contributed by atoms with van der Waals surface area (Å²) in [5.41, 5.74) is 2.45. The number of hydrogen-bond donors (Lipinski definition) is 1. The zero-order chi connectivity index (χ0) is 14.0. The molecule has 0 saturated heterocycles. The number of rotatable bonds is 5. The Morgan fingerprint density at radius 1 is 1.26 bits per heavy atom. The van der Waals surface area contributed by atoms with Gasteiger partial charge in [-0.05, 0) is 62.8 Å². The second-order valence-corrected chi connectivity index (χ2v) is 7.78. The van der Waals surface area contributed by atoms with Crippen LogP contribution in [-0.4, -0.2) is 19.8 Å². The molecule has 5 heteroatoms. The highest BCUT2D eigenvalue weighted by molar-refractivity contribution is 7.89. The second-order valence-electron chi connectivity index (χ2n) is 5.32. The molecule has 0 aliphatic heterocycles. The molecule has 2 rings (SSSR count). The summed E-state index contributed by atoms with van der Waals surface area (Å²) < 4.78 is 27.2. The minimum Gasteiger partial charge on any atom is -0.208 e.